The van der Waals surface area contributed by atoms with Gasteiger partial charge in [-0.2, -0.15) is 13.2 Å². The quantitative estimate of drug-likeness (QED) is 0.653. The molecule has 1 heterocycles. The first kappa shape index (κ1) is 13.5. The minimum atomic E-state index is -4.32. The lowest BCUT2D eigenvalue weighted by atomic mass is 10.1. The summed E-state index contributed by atoms with van der Waals surface area (Å²) in [5.74, 6) is 0. The third-order valence-electron chi connectivity index (χ3n) is 3.23. The Morgan fingerprint density at radius 1 is 0.857 bits per heavy atom. The molecule has 0 spiro atoms. The first-order valence-electron chi connectivity index (χ1n) is 6.45. The van der Waals surface area contributed by atoms with E-state index in [1.165, 1.54) is 6.07 Å². The predicted octanol–water partition coefficient (Wildman–Crippen LogP) is 5.36. The first-order chi connectivity index (χ1) is 10.0. The molecule has 0 amide bonds. The van der Waals surface area contributed by atoms with Gasteiger partial charge in [0, 0.05) is 16.6 Å². The minimum Gasteiger partial charge on any atom is -0.355 e. The molecule has 0 saturated carbocycles. The van der Waals surface area contributed by atoms with Gasteiger partial charge in [0.05, 0.1) is 5.56 Å². The van der Waals surface area contributed by atoms with Crippen molar-refractivity contribution in [2.45, 2.75) is 6.18 Å². The summed E-state index contributed by atoms with van der Waals surface area (Å²) in [7, 11) is 0. The van der Waals surface area contributed by atoms with Gasteiger partial charge in [0.25, 0.3) is 0 Å². The van der Waals surface area contributed by atoms with Gasteiger partial charge in [-0.3, -0.25) is 0 Å². The average molecular weight is 287 g/mol. The van der Waals surface area contributed by atoms with Gasteiger partial charge in [-0.15, -0.1) is 0 Å². The maximum Gasteiger partial charge on any atom is 0.416 e. The Morgan fingerprint density at radius 3 is 2.33 bits per heavy atom. The van der Waals surface area contributed by atoms with Crippen LogP contribution < -0.4 is 0 Å². The molecule has 0 aliphatic heterocycles. The fourth-order valence-electron chi connectivity index (χ4n) is 2.17. The Labute approximate surface area is 119 Å². The molecule has 106 valence electrons. The van der Waals surface area contributed by atoms with Crippen LogP contribution in [0.5, 0.6) is 0 Å². The summed E-state index contributed by atoms with van der Waals surface area (Å²) in [4.78, 5) is 2.99. The molecule has 0 aliphatic carbocycles. The zero-order valence-electron chi connectivity index (χ0n) is 11.0. The molecule has 0 saturated heterocycles. The van der Waals surface area contributed by atoms with Crippen molar-refractivity contribution in [1.29, 1.82) is 0 Å². The van der Waals surface area contributed by atoms with E-state index in [0.29, 0.717) is 5.52 Å². The number of hydrogen-bond donors (Lipinski definition) is 1. The van der Waals surface area contributed by atoms with Crippen LogP contribution in [0.3, 0.4) is 0 Å². The number of benzene rings is 2. The van der Waals surface area contributed by atoms with Crippen molar-refractivity contribution < 1.29 is 13.2 Å². The van der Waals surface area contributed by atoms with Crippen molar-refractivity contribution in [3.63, 3.8) is 0 Å². The van der Waals surface area contributed by atoms with Crippen molar-refractivity contribution in [1.82, 2.24) is 4.98 Å². The van der Waals surface area contributed by atoms with E-state index in [0.717, 1.165) is 28.8 Å². The van der Waals surface area contributed by atoms with Crippen LogP contribution in [0.25, 0.3) is 23.1 Å². The standard InChI is InChI=1S/C17H12F3N/c18-17(19,20)14-8-7-13-10-15(21-16(13)11-14)9-6-12-4-2-1-3-5-12/h1-11,21H. The second-order valence-corrected chi connectivity index (χ2v) is 4.77. The molecule has 3 aromatic rings. The second kappa shape index (κ2) is 5.13. The summed E-state index contributed by atoms with van der Waals surface area (Å²) < 4.78 is 38.0. The number of fused-ring (bicyclic) bond motifs is 1. The third-order valence-corrected chi connectivity index (χ3v) is 3.23. The van der Waals surface area contributed by atoms with E-state index in [1.54, 1.807) is 0 Å². The molecule has 0 aliphatic rings. The fraction of sp³-hybridized carbons (Fsp3) is 0.0588. The van der Waals surface area contributed by atoms with E-state index in [4.69, 9.17) is 0 Å². The summed E-state index contributed by atoms with van der Waals surface area (Å²) in [5, 5.41) is 0.760. The van der Waals surface area contributed by atoms with Crippen LogP contribution in [0.1, 0.15) is 16.8 Å². The fourth-order valence-corrected chi connectivity index (χ4v) is 2.17. The summed E-state index contributed by atoms with van der Waals surface area (Å²) in [6.45, 7) is 0. The summed E-state index contributed by atoms with van der Waals surface area (Å²) >= 11 is 0. The number of hydrogen-bond acceptors (Lipinski definition) is 0. The first-order valence-corrected chi connectivity index (χ1v) is 6.45. The number of alkyl halides is 3. The Morgan fingerprint density at radius 2 is 1.62 bits per heavy atom. The lowest BCUT2D eigenvalue weighted by Crippen LogP contribution is -2.03. The lowest BCUT2D eigenvalue weighted by Gasteiger charge is -2.05. The predicted molar refractivity (Wildman–Crippen MR) is 78.7 cm³/mol. The Balaban J connectivity index is 1.93. The van der Waals surface area contributed by atoms with Gasteiger partial charge in [-0.25, -0.2) is 0 Å². The van der Waals surface area contributed by atoms with E-state index >= 15 is 0 Å². The molecular formula is C17H12F3N. The zero-order chi connectivity index (χ0) is 14.9. The van der Waals surface area contributed by atoms with E-state index in [2.05, 4.69) is 4.98 Å². The summed E-state index contributed by atoms with van der Waals surface area (Å²) in [6.07, 6.45) is -0.558. The number of aromatic nitrogens is 1. The monoisotopic (exact) mass is 287 g/mol. The van der Waals surface area contributed by atoms with E-state index in [1.807, 2.05) is 48.6 Å². The van der Waals surface area contributed by atoms with Crippen LogP contribution in [0, 0.1) is 0 Å². The van der Waals surface area contributed by atoms with Crippen LogP contribution in [-0.2, 0) is 6.18 Å². The molecule has 0 radical (unpaired) electrons. The molecule has 2 aromatic carbocycles. The highest BCUT2D eigenvalue weighted by molar-refractivity contribution is 5.85. The van der Waals surface area contributed by atoms with Gasteiger partial charge >= 0.3 is 6.18 Å². The zero-order valence-corrected chi connectivity index (χ0v) is 11.0. The van der Waals surface area contributed by atoms with E-state index in [9.17, 15) is 13.2 Å². The molecule has 1 N–H and O–H groups in total. The normalized spacial score (nSPS) is 12.3. The number of H-pyrrole nitrogens is 1. The Hall–Kier alpha value is -2.49. The smallest absolute Gasteiger partial charge is 0.355 e. The highest BCUT2D eigenvalue weighted by Crippen LogP contribution is 2.31. The van der Waals surface area contributed by atoms with Crippen molar-refractivity contribution in [3.8, 4) is 0 Å². The topological polar surface area (TPSA) is 15.8 Å². The highest BCUT2D eigenvalue weighted by Gasteiger charge is 2.30. The number of nitrogens with one attached hydrogen (secondary N) is 1. The Kier molecular flexibility index (Phi) is 3.29. The van der Waals surface area contributed by atoms with Crippen molar-refractivity contribution >= 4 is 23.1 Å². The molecule has 21 heavy (non-hydrogen) atoms. The molecule has 3 rings (SSSR count). The summed E-state index contributed by atoms with van der Waals surface area (Å²) in [6, 6.07) is 15.3. The van der Waals surface area contributed by atoms with Gasteiger partial charge in [-0.1, -0.05) is 42.5 Å². The van der Waals surface area contributed by atoms with Crippen LogP contribution >= 0.6 is 0 Å². The molecule has 0 unspecified atom stereocenters. The molecule has 1 aromatic heterocycles. The second-order valence-electron chi connectivity index (χ2n) is 4.77. The molecule has 1 nitrogen and oxygen atoms in total. The Bertz CT molecular complexity index is 783. The van der Waals surface area contributed by atoms with Crippen molar-refractivity contribution in [2.24, 2.45) is 0 Å². The van der Waals surface area contributed by atoms with Gasteiger partial charge in [0.2, 0.25) is 0 Å². The van der Waals surface area contributed by atoms with E-state index < -0.39 is 11.7 Å². The largest absolute Gasteiger partial charge is 0.416 e. The van der Waals surface area contributed by atoms with Crippen LogP contribution in [0.2, 0.25) is 0 Å². The lowest BCUT2D eigenvalue weighted by molar-refractivity contribution is -0.137. The van der Waals surface area contributed by atoms with Crippen molar-refractivity contribution in [3.05, 3.63) is 71.4 Å². The minimum absolute atomic E-state index is 0.484. The van der Waals surface area contributed by atoms with Gasteiger partial charge < -0.3 is 4.98 Å². The molecule has 0 fully saturated rings. The van der Waals surface area contributed by atoms with Crippen LogP contribution in [0.15, 0.2) is 54.6 Å². The third kappa shape index (κ3) is 2.99. The number of aromatic amines is 1. The van der Waals surface area contributed by atoms with Crippen molar-refractivity contribution in [2.75, 3.05) is 0 Å². The van der Waals surface area contributed by atoms with Crippen LogP contribution in [-0.4, -0.2) is 4.98 Å². The number of halogens is 3. The van der Waals surface area contributed by atoms with Crippen LogP contribution in [0.4, 0.5) is 13.2 Å². The average Bonchev–Trinajstić information content (AvgIpc) is 2.87. The summed E-state index contributed by atoms with van der Waals surface area (Å²) in [5.41, 5.74) is 1.65. The molecule has 0 bridgehead atoms. The molecular weight excluding hydrogens is 275 g/mol. The maximum absolute atomic E-state index is 12.7. The molecule has 0 atom stereocenters. The maximum atomic E-state index is 12.7. The van der Waals surface area contributed by atoms with Gasteiger partial charge in [0.1, 0.15) is 0 Å². The number of rotatable bonds is 2. The van der Waals surface area contributed by atoms with E-state index in [-0.39, 0.29) is 0 Å². The van der Waals surface area contributed by atoms with Gasteiger partial charge in [0.15, 0.2) is 0 Å². The van der Waals surface area contributed by atoms with Gasteiger partial charge in [-0.05, 0) is 29.8 Å². The molecule has 4 heteroatoms. The SMILES string of the molecule is FC(F)(F)c1ccc2cc(C=Cc3ccccc3)[nH]c2c1. The highest BCUT2D eigenvalue weighted by atomic mass is 19.4.